The summed E-state index contributed by atoms with van der Waals surface area (Å²) in [5, 5.41) is 7.50. The Hall–Kier alpha value is -2.46. The third-order valence-electron chi connectivity index (χ3n) is 3.19. The van der Waals surface area contributed by atoms with E-state index in [4.69, 9.17) is 14.8 Å². The lowest BCUT2D eigenvalue weighted by atomic mass is 9.85. The highest BCUT2D eigenvalue weighted by Gasteiger charge is 2.18. The standard InChI is InChI=1S/C15H18N4O2/c1-15(2,3)10-5-6-14(20-4)12(7-10)13-8-11(21-18-13)9-17-19-16/h5-8H,9H2,1-4H3. The van der Waals surface area contributed by atoms with E-state index in [0.29, 0.717) is 11.5 Å². The Morgan fingerprint density at radius 1 is 1.33 bits per heavy atom. The fourth-order valence-corrected chi connectivity index (χ4v) is 1.99. The molecule has 0 spiro atoms. The summed E-state index contributed by atoms with van der Waals surface area (Å²) < 4.78 is 10.6. The van der Waals surface area contributed by atoms with E-state index in [-0.39, 0.29) is 12.0 Å². The van der Waals surface area contributed by atoms with Gasteiger partial charge in [0.2, 0.25) is 0 Å². The van der Waals surface area contributed by atoms with Crippen LogP contribution in [0.15, 0.2) is 33.9 Å². The topological polar surface area (TPSA) is 84.0 Å². The highest BCUT2D eigenvalue weighted by molar-refractivity contribution is 5.68. The molecule has 0 radical (unpaired) electrons. The fraction of sp³-hybridized carbons (Fsp3) is 0.400. The van der Waals surface area contributed by atoms with E-state index >= 15 is 0 Å². The molecule has 1 aromatic heterocycles. The minimum atomic E-state index is 0.0265. The predicted molar refractivity (Wildman–Crippen MR) is 80.0 cm³/mol. The molecular weight excluding hydrogens is 268 g/mol. The van der Waals surface area contributed by atoms with Crippen LogP contribution in [0.5, 0.6) is 5.75 Å². The van der Waals surface area contributed by atoms with Gasteiger partial charge >= 0.3 is 0 Å². The Balaban J connectivity index is 2.45. The van der Waals surface area contributed by atoms with Gasteiger partial charge in [0.15, 0.2) is 0 Å². The van der Waals surface area contributed by atoms with Crippen LogP contribution in [0.25, 0.3) is 21.7 Å². The van der Waals surface area contributed by atoms with Crippen molar-refractivity contribution in [3.05, 3.63) is 46.0 Å². The first-order valence-corrected chi connectivity index (χ1v) is 6.61. The normalized spacial score (nSPS) is 11.0. The van der Waals surface area contributed by atoms with Crippen LogP contribution in [-0.2, 0) is 12.0 Å². The molecule has 0 aliphatic heterocycles. The molecule has 0 atom stereocenters. The van der Waals surface area contributed by atoms with Gasteiger partial charge in [-0.1, -0.05) is 37.1 Å². The fourth-order valence-electron chi connectivity index (χ4n) is 1.99. The van der Waals surface area contributed by atoms with Crippen molar-refractivity contribution in [1.82, 2.24) is 5.16 Å². The van der Waals surface area contributed by atoms with Crippen molar-refractivity contribution < 1.29 is 9.26 Å². The van der Waals surface area contributed by atoms with Gasteiger partial charge in [0.25, 0.3) is 0 Å². The number of nitrogens with zero attached hydrogens (tertiary/aromatic N) is 4. The molecule has 0 aliphatic carbocycles. The van der Waals surface area contributed by atoms with Gasteiger partial charge in [-0.2, -0.15) is 0 Å². The number of hydrogen-bond donors (Lipinski definition) is 0. The maximum Gasteiger partial charge on any atom is 0.143 e. The lowest BCUT2D eigenvalue weighted by Crippen LogP contribution is -2.11. The quantitative estimate of drug-likeness (QED) is 0.472. The van der Waals surface area contributed by atoms with Crippen LogP contribution in [0.1, 0.15) is 32.1 Å². The van der Waals surface area contributed by atoms with Gasteiger partial charge in [-0.3, -0.25) is 0 Å². The van der Waals surface area contributed by atoms with Gasteiger partial charge < -0.3 is 9.26 Å². The molecule has 0 bridgehead atoms. The third kappa shape index (κ3) is 3.35. The van der Waals surface area contributed by atoms with Crippen LogP contribution in [0.4, 0.5) is 0 Å². The number of ether oxygens (including phenoxy) is 1. The van der Waals surface area contributed by atoms with E-state index < -0.39 is 0 Å². The Morgan fingerprint density at radius 2 is 2.10 bits per heavy atom. The van der Waals surface area contributed by atoms with Crippen molar-refractivity contribution in [3.8, 4) is 17.0 Å². The molecule has 2 rings (SSSR count). The van der Waals surface area contributed by atoms with E-state index in [2.05, 4.69) is 36.0 Å². The molecule has 6 heteroatoms. The van der Waals surface area contributed by atoms with Crippen LogP contribution < -0.4 is 4.74 Å². The minimum Gasteiger partial charge on any atom is -0.496 e. The van der Waals surface area contributed by atoms with Crippen LogP contribution in [0.3, 0.4) is 0 Å². The van der Waals surface area contributed by atoms with E-state index in [1.165, 1.54) is 5.56 Å². The number of methoxy groups -OCH3 is 1. The van der Waals surface area contributed by atoms with E-state index in [0.717, 1.165) is 11.3 Å². The Morgan fingerprint density at radius 3 is 2.71 bits per heavy atom. The van der Waals surface area contributed by atoms with E-state index in [1.54, 1.807) is 13.2 Å². The molecule has 0 saturated heterocycles. The van der Waals surface area contributed by atoms with Crippen molar-refractivity contribution in [3.63, 3.8) is 0 Å². The van der Waals surface area contributed by atoms with Gasteiger partial charge in [-0.05, 0) is 28.6 Å². The van der Waals surface area contributed by atoms with Crippen molar-refractivity contribution in [2.45, 2.75) is 32.7 Å². The van der Waals surface area contributed by atoms with E-state index in [1.807, 2.05) is 18.2 Å². The largest absolute Gasteiger partial charge is 0.496 e. The van der Waals surface area contributed by atoms with Crippen LogP contribution >= 0.6 is 0 Å². The smallest absolute Gasteiger partial charge is 0.143 e. The van der Waals surface area contributed by atoms with Crippen molar-refractivity contribution >= 4 is 0 Å². The van der Waals surface area contributed by atoms with Gasteiger partial charge in [0.1, 0.15) is 17.2 Å². The maximum absolute atomic E-state index is 8.34. The van der Waals surface area contributed by atoms with Crippen molar-refractivity contribution in [2.75, 3.05) is 7.11 Å². The summed E-state index contributed by atoms with van der Waals surface area (Å²) in [5.41, 5.74) is 11.1. The highest BCUT2D eigenvalue weighted by Crippen LogP contribution is 2.34. The van der Waals surface area contributed by atoms with Gasteiger partial charge in [-0.15, -0.1) is 0 Å². The Bertz CT molecular complexity index is 679. The first kappa shape index (κ1) is 14.9. The Kier molecular flexibility index (Phi) is 4.19. The predicted octanol–water partition coefficient (Wildman–Crippen LogP) is 4.46. The number of aromatic nitrogens is 1. The lowest BCUT2D eigenvalue weighted by molar-refractivity contribution is 0.385. The summed E-state index contributed by atoms with van der Waals surface area (Å²) in [4.78, 5) is 2.71. The van der Waals surface area contributed by atoms with Crippen LogP contribution in [-0.4, -0.2) is 12.3 Å². The lowest BCUT2D eigenvalue weighted by Gasteiger charge is -2.20. The second-order valence-corrected chi connectivity index (χ2v) is 5.73. The SMILES string of the molecule is COc1ccc(C(C)(C)C)cc1-c1cc(CN=[N+]=[N-])on1. The second kappa shape index (κ2) is 5.89. The first-order chi connectivity index (χ1) is 9.95. The van der Waals surface area contributed by atoms with Crippen molar-refractivity contribution in [1.29, 1.82) is 0 Å². The van der Waals surface area contributed by atoms with Gasteiger partial charge in [0, 0.05) is 16.5 Å². The van der Waals surface area contributed by atoms with Crippen LogP contribution in [0.2, 0.25) is 0 Å². The molecule has 21 heavy (non-hydrogen) atoms. The highest BCUT2D eigenvalue weighted by atomic mass is 16.5. The molecule has 0 unspecified atom stereocenters. The number of hydrogen-bond acceptors (Lipinski definition) is 4. The summed E-state index contributed by atoms with van der Waals surface area (Å²) in [6.07, 6.45) is 0. The zero-order chi connectivity index (χ0) is 15.5. The maximum atomic E-state index is 8.34. The molecule has 0 amide bonds. The zero-order valence-corrected chi connectivity index (χ0v) is 12.6. The summed E-state index contributed by atoms with van der Waals surface area (Å²) in [6, 6.07) is 7.79. The zero-order valence-electron chi connectivity index (χ0n) is 12.6. The third-order valence-corrected chi connectivity index (χ3v) is 3.19. The second-order valence-electron chi connectivity index (χ2n) is 5.73. The molecule has 6 nitrogen and oxygen atoms in total. The van der Waals surface area contributed by atoms with Crippen LogP contribution in [0, 0.1) is 0 Å². The molecule has 110 valence electrons. The molecule has 0 aliphatic rings. The van der Waals surface area contributed by atoms with Gasteiger partial charge in [-0.25, -0.2) is 0 Å². The average molecular weight is 286 g/mol. The Labute approximate surface area is 123 Å². The summed E-state index contributed by atoms with van der Waals surface area (Å²) >= 11 is 0. The number of azide groups is 1. The molecule has 0 N–H and O–H groups in total. The average Bonchev–Trinajstić information content (AvgIpc) is 2.92. The summed E-state index contributed by atoms with van der Waals surface area (Å²) in [7, 11) is 1.62. The molecule has 0 fully saturated rings. The molecular formula is C15H18N4O2. The summed E-state index contributed by atoms with van der Waals surface area (Å²) in [6.45, 7) is 6.59. The first-order valence-electron chi connectivity index (χ1n) is 6.61. The molecule has 1 heterocycles. The molecule has 2 aromatic rings. The van der Waals surface area contributed by atoms with E-state index in [9.17, 15) is 0 Å². The minimum absolute atomic E-state index is 0.0265. The number of rotatable bonds is 4. The van der Waals surface area contributed by atoms with Gasteiger partial charge in [0.05, 0.1) is 13.7 Å². The summed E-state index contributed by atoms with van der Waals surface area (Å²) in [5.74, 6) is 1.25. The molecule has 1 aromatic carbocycles. The monoisotopic (exact) mass is 286 g/mol. The number of benzene rings is 1. The van der Waals surface area contributed by atoms with Crippen molar-refractivity contribution in [2.24, 2.45) is 5.11 Å². The molecule has 0 saturated carbocycles.